The van der Waals surface area contributed by atoms with E-state index in [0.29, 0.717) is 6.61 Å². The van der Waals surface area contributed by atoms with E-state index < -0.39 is 0 Å². The Morgan fingerprint density at radius 3 is 2.41 bits per heavy atom. The van der Waals surface area contributed by atoms with Crippen LogP contribution < -0.4 is 0 Å². The smallest absolute Gasteiger partial charge is 0.417 e. The average Bonchev–Trinajstić information content (AvgIpc) is 2.91. The zero-order chi connectivity index (χ0) is 12.3. The van der Waals surface area contributed by atoms with E-state index >= 15 is 0 Å². The summed E-state index contributed by atoms with van der Waals surface area (Å²) in [5.41, 5.74) is 0.978. The van der Waals surface area contributed by atoms with Crippen LogP contribution in [0.2, 0.25) is 0 Å². The summed E-state index contributed by atoms with van der Waals surface area (Å²) >= 11 is 1.45. The molecule has 1 aromatic heterocycles. The predicted octanol–water partition coefficient (Wildman–Crippen LogP) is 2.83. The minimum atomic E-state index is 0.310. The molecule has 0 unspecified atom stereocenters. The Bertz CT molecular complexity index is 423. The van der Waals surface area contributed by atoms with Crippen LogP contribution in [0.3, 0.4) is 0 Å². The van der Waals surface area contributed by atoms with Crippen LogP contribution in [0.5, 0.6) is 0 Å². The number of hydrogen-bond acceptors (Lipinski definition) is 4. The molecule has 0 aliphatic rings. The first-order valence-corrected chi connectivity index (χ1v) is 5.76. The van der Waals surface area contributed by atoms with Gasteiger partial charge in [-0.15, -0.1) is 11.3 Å². The summed E-state index contributed by atoms with van der Waals surface area (Å²) < 4.78 is 4.41. The highest BCUT2D eigenvalue weighted by molar-refractivity contribution is 7.11. The Hall–Kier alpha value is -1.94. The summed E-state index contributed by atoms with van der Waals surface area (Å²) in [5, 5.41) is 1.88. The van der Waals surface area contributed by atoms with E-state index in [9.17, 15) is 9.59 Å². The van der Waals surface area contributed by atoms with Crippen molar-refractivity contribution in [3.05, 3.63) is 58.3 Å². The zero-order valence-corrected chi connectivity index (χ0v) is 9.85. The molecule has 0 aliphatic carbocycles. The molecular weight excluding hydrogens is 236 g/mol. The number of rotatable bonds is 4. The maximum absolute atomic E-state index is 9.88. The molecule has 0 saturated heterocycles. The van der Waals surface area contributed by atoms with E-state index in [1.54, 1.807) is 6.07 Å². The summed E-state index contributed by atoms with van der Waals surface area (Å²) in [6.45, 7) is 1.68. The molecule has 0 bridgehead atoms. The van der Waals surface area contributed by atoms with E-state index in [4.69, 9.17) is 0 Å². The lowest BCUT2D eigenvalue weighted by Gasteiger charge is -1.95. The van der Waals surface area contributed by atoms with Crippen molar-refractivity contribution in [1.82, 2.24) is 0 Å². The maximum atomic E-state index is 9.88. The fourth-order valence-corrected chi connectivity index (χ4v) is 1.57. The van der Waals surface area contributed by atoms with Crippen molar-refractivity contribution in [2.24, 2.45) is 0 Å². The fraction of sp³-hybridized carbons (Fsp3) is 0.0769. The number of hydrogen-bond donors (Lipinski definition) is 0. The first kappa shape index (κ1) is 13.1. The molecule has 0 fully saturated rings. The molecule has 0 saturated carbocycles. The molecule has 3 nitrogen and oxygen atoms in total. The van der Waals surface area contributed by atoms with Crippen LogP contribution in [-0.2, 0) is 16.1 Å². The highest BCUT2D eigenvalue weighted by Gasteiger charge is 1.88. The van der Waals surface area contributed by atoms with Gasteiger partial charge in [0.1, 0.15) is 6.61 Å². The second-order valence-electron chi connectivity index (χ2n) is 2.99. The van der Waals surface area contributed by atoms with Gasteiger partial charge < -0.3 is 4.74 Å². The molecule has 0 amide bonds. The normalized spacial score (nSPS) is 8.71. The minimum absolute atomic E-state index is 0.310. The van der Waals surface area contributed by atoms with Crippen LogP contribution in [-0.4, -0.2) is 12.8 Å². The van der Waals surface area contributed by atoms with E-state index in [1.165, 1.54) is 17.8 Å². The summed E-state index contributed by atoms with van der Waals surface area (Å²) in [5.74, 6) is 0. The van der Waals surface area contributed by atoms with Crippen molar-refractivity contribution in [2.45, 2.75) is 6.61 Å². The number of carbonyl (C=O) groups is 1. The molecule has 1 heterocycles. The fourth-order valence-electron chi connectivity index (χ4n) is 1.05. The lowest BCUT2D eigenvalue weighted by Crippen LogP contribution is -1.87. The maximum Gasteiger partial charge on any atom is 0.417 e. The molecule has 1 radical (unpaired) electrons. The van der Waals surface area contributed by atoms with E-state index in [1.807, 2.05) is 41.8 Å². The van der Waals surface area contributed by atoms with Gasteiger partial charge in [0.05, 0.1) is 4.88 Å². The second-order valence-corrected chi connectivity index (χ2v) is 3.97. The summed E-state index contributed by atoms with van der Waals surface area (Å²) in [6.07, 6.45) is 0.852. The van der Waals surface area contributed by atoms with Gasteiger partial charge in [0.15, 0.2) is 6.29 Å². The number of aldehydes is 1. The predicted molar refractivity (Wildman–Crippen MR) is 66.6 cm³/mol. The first-order valence-electron chi connectivity index (χ1n) is 4.88. The largest absolute Gasteiger partial charge is 0.452 e. The highest BCUT2D eigenvalue weighted by Crippen LogP contribution is 2.03. The van der Waals surface area contributed by atoms with Crippen LogP contribution in [0.4, 0.5) is 0 Å². The Morgan fingerprint density at radius 2 is 1.94 bits per heavy atom. The van der Waals surface area contributed by atoms with Crippen LogP contribution >= 0.6 is 11.3 Å². The molecule has 0 atom stereocenters. The second kappa shape index (κ2) is 8.24. The molecular formula is C13H11O3S. The Kier molecular flexibility index (Phi) is 6.36. The van der Waals surface area contributed by atoms with Gasteiger partial charge in [-0.2, -0.15) is 0 Å². The molecule has 2 aromatic rings. The molecule has 4 heteroatoms. The quantitative estimate of drug-likeness (QED) is 0.780. The van der Waals surface area contributed by atoms with E-state index in [2.05, 4.69) is 4.74 Å². The van der Waals surface area contributed by atoms with Crippen molar-refractivity contribution in [3.63, 3.8) is 0 Å². The van der Waals surface area contributed by atoms with Crippen LogP contribution in [0.15, 0.2) is 47.8 Å². The van der Waals surface area contributed by atoms with Gasteiger partial charge in [-0.05, 0) is 17.0 Å². The number of ether oxygens (including phenoxy) is 1. The molecule has 17 heavy (non-hydrogen) atoms. The zero-order valence-electron chi connectivity index (χ0n) is 9.04. The Labute approximate surface area is 104 Å². The third-order valence-corrected chi connectivity index (χ3v) is 2.60. The number of carbonyl (C=O) groups excluding carboxylic acids is 2. The van der Waals surface area contributed by atoms with Gasteiger partial charge in [0.2, 0.25) is 0 Å². The molecule has 0 aliphatic heterocycles. The lowest BCUT2D eigenvalue weighted by molar-refractivity contribution is 0.112. The number of thiophene rings is 1. The molecule has 2 rings (SSSR count). The molecule has 1 aromatic carbocycles. The summed E-state index contributed by atoms with van der Waals surface area (Å²) in [7, 11) is 0. The monoisotopic (exact) mass is 247 g/mol. The van der Waals surface area contributed by atoms with Crippen molar-refractivity contribution in [1.29, 1.82) is 0 Å². The van der Waals surface area contributed by atoms with Gasteiger partial charge in [-0.25, -0.2) is 4.79 Å². The molecule has 87 valence electrons. The van der Waals surface area contributed by atoms with Gasteiger partial charge in [0, 0.05) is 0 Å². The summed E-state index contributed by atoms with van der Waals surface area (Å²) in [6, 6.07) is 13.1. The third-order valence-electron chi connectivity index (χ3n) is 1.80. The van der Waals surface area contributed by atoms with Crippen molar-refractivity contribution < 1.29 is 14.3 Å². The van der Waals surface area contributed by atoms with E-state index in [0.717, 1.165) is 16.7 Å². The van der Waals surface area contributed by atoms with Crippen molar-refractivity contribution >= 4 is 24.1 Å². The highest BCUT2D eigenvalue weighted by atomic mass is 32.1. The minimum Gasteiger partial charge on any atom is -0.452 e. The lowest BCUT2D eigenvalue weighted by atomic mass is 10.2. The standard InChI is InChI=1S/C8H7O2.C5H4OS/c9-7-10-6-8-4-2-1-3-5-8;6-4-5-2-1-3-7-5/h1-5H,6H2;1-4H. The Balaban J connectivity index is 0.000000181. The molecule has 0 N–H and O–H groups in total. The Morgan fingerprint density at radius 1 is 1.18 bits per heavy atom. The summed E-state index contributed by atoms with van der Waals surface area (Å²) in [4.78, 5) is 20.3. The van der Waals surface area contributed by atoms with Crippen LogP contribution in [0.1, 0.15) is 15.2 Å². The van der Waals surface area contributed by atoms with Crippen LogP contribution in [0, 0.1) is 0 Å². The van der Waals surface area contributed by atoms with Gasteiger partial charge in [-0.1, -0.05) is 36.4 Å². The molecule has 0 spiro atoms. The first-order chi connectivity index (χ1) is 8.36. The van der Waals surface area contributed by atoms with Gasteiger partial charge in [0.25, 0.3) is 0 Å². The average molecular weight is 247 g/mol. The van der Waals surface area contributed by atoms with Crippen molar-refractivity contribution in [2.75, 3.05) is 0 Å². The third kappa shape index (κ3) is 5.63. The van der Waals surface area contributed by atoms with Crippen molar-refractivity contribution in [3.8, 4) is 0 Å². The van der Waals surface area contributed by atoms with Gasteiger partial charge in [-0.3, -0.25) is 4.79 Å². The number of benzene rings is 1. The SMILES string of the molecule is O=Cc1cccs1.O=[C]OCc1ccccc1. The van der Waals surface area contributed by atoms with E-state index in [-0.39, 0.29) is 0 Å². The van der Waals surface area contributed by atoms with Gasteiger partial charge >= 0.3 is 6.47 Å². The topological polar surface area (TPSA) is 43.4 Å². The van der Waals surface area contributed by atoms with Crippen LogP contribution in [0.25, 0.3) is 0 Å².